The van der Waals surface area contributed by atoms with Crippen LogP contribution in [0, 0.1) is 11.3 Å². The molecule has 2 nitrogen and oxygen atoms in total. The molecule has 1 aliphatic rings. The maximum Gasteiger partial charge on any atom is 0.0685 e. The Morgan fingerprint density at radius 3 is 2.64 bits per heavy atom. The van der Waals surface area contributed by atoms with E-state index in [-0.39, 0.29) is 5.41 Å². The molecule has 1 fully saturated rings. The smallest absolute Gasteiger partial charge is 0.0685 e. The molecule has 0 aromatic carbocycles. The van der Waals surface area contributed by atoms with E-state index < -0.39 is 5.60 Å². The quantitative estimate of drug-likeness (QED) is 0.732. The monoisotopic (exact) mass is 199 g/mol. The van der Waals surface area contributed by atoms with Crippen molar-refractivity contribution in [1.82, 2.24) is 0 Å². The van der Waals surface area contributed by atoms with E-state index in [0.717, 1.165) is 19.3 Å². The van der Waals surface area contributed by atoms with Gasteiger partial charge in [-0.2, -0.15) is 0 Å². The minimum absolute atomic E-state index is 0.0284. The van der Waals surface area contributed by atoms with E-state index >= 15 is 0 Å². The highest BCUT2D eigenvalue weighted by molar-refractivity contribution is 4.98. The van der Waals surface area contributed by atoms with Crippen LogP contribution in [0.1, 0.15) is 52.9 Å². The zero-order chi connectivity index (χ0) is 10.8. The molecule has 0 saturated heterocycles. The summed E-state index contributed by atoms with van der Waals surface area (Å²) in [6.07, 6.45) is 5.49. The fourth-order valence-electron chi connectivity index (χ4n) is 2.93. The van der Waals surface area contributed by atoms with Crippen molar-refractivity contribution in [2.45, 2.75) is 58.5 Å². The number of hydrogen-bond acceptors (Lipinski definition) is 2. The predicted octanol–water partition coefficient (Wildman–Crippen LogP) is 2.30. The van der Waals surface area contributed by atoms with E-state index in [2.05, 4.69) is 13.8 Å². The van der Waals surface area contributed by atoms with Crippen LogP contribution in [0.25, 0.3) is 0 Å². The summed E-state index contributed by atoms with van der Waals surface area (Å²) in [4.78, 5) is 0. The summed E-state index contributed by atoms with van der Waals surface area (Å²) in [6, 6.07) is 0. The zero-order valence-electron chi connectivity index (χ0n) is 9.84. The van der Waals surface area contributed by atoms with E-state index in [1.807, 2.05) is 6.92 Å². The Labute approximate surface area is 87.9 Å². The highest BCUT2D eigenvalue weighted by Crippen LogP contribution is 2.47. The molecule has 14 heavy (non-hydrogen) atoms. The Morgan fingerprint density at radius 2 is 2.21 bits per heavy atom. The first kappa shape index (κ1) is 12.0. The molecule has 3 N–H and O–H groups in total. The van der Waals surface area contributed by atoms with Gasteiger partial charge in [0.15, 0.2) is 0 Å². The zero-order valence-corrected chi connectivity index (χ0v) is 9.84. The average molecular weight is 199 g/mol. The van der Waals surface area contributed by atoms with Crippen molar-refractivity contribution >= 4 is 0 Å². The van der Waals surface area contributed by atoms with Gasteiger partial charge in [-0.15, -0.1) is 0 Å². The lowest BCUT2D eigenvalue weighted by molar-refractivity contribution is -0.0963. The van der Waals surface area contributed by atoms with Gasteiger partial charge in [-0.05, 0) is 32.1 Å². The Hall–Kier alpha value is -0.0800. The molecule has 0 amide bonds. The highest BCUT2D eigenvalue weighted by Gasteiger charge is 2.46. The van der Waals surface area contributed by atoms with Crippen molar-refractivity contribution in [2.24, 2.45) is 17.1 Å². The van der Waals surface area contributed by atoms with Gasteiger partial charge >= 0.3 is 0 Å². The summed E-state index contributed by atoms with van der Waals surface area (Å²) in [5.41, 5.74) is 5.29. The van der Waals surface area contributed by atoms with Gasteiger partial charge in [-0.3, -0.25) is 0 Å². The lowest BCUT2D eigenvalue weighted by atomic mass is 9.60. The topological polar surface area (TPSA) is 46.2 Å². The maximum absolute atomic E-state index is 10.4. The van der Waals surface area contributed by atoms with Gasteiger partial charge in [0.2, 0.25) is 0 Å². The van der Waals surface area contributed by atoms with Crippen molar-refractivity contribution in [2.75, 3.05) is 6.54 Å². The van der Waals surface area contributed by atoms with Gasteiger partial charge in [0, 0.05) is 12.0 Å². The first-order valence-electron chi connectivity index (χ1n) is 5.90. The molecule has 0 spiro atoms. The SMILES string of the molecule is CCC(C)(O)C1(CN)CCCC(C)C1. The number of rotatable bonds is 3. The molecular weight excluding hydrogens is 174 g/mol. The average Bonchev–Trinajstić information content (AvgIpc) is 2.17. The molecule has 2 heteroatoms. The normalized spacial score (nSPS) is 37.9. The second-order valence-corrected chi connectivity index (χ2v) is 5.31. The van der Waals surface area contributed by atoms with Gasteiger partial charge in [-0.1, -0.05) is 26.7 Å². The van der Waals surface area contributed by atoms with Crippen molar-refractivity contribution in [3.63, 3.8) is 0 Å². The first-order valence-corrected chi connectivity index (χ1v) is 5.90. The molecule has 3 atom stereocenters. The van der Waals surface area contributed by atoms with E-state index in [0.29, 0.717) is 12.5 Å². The number of aliphatic hydroxyl groups is 1. The van der Waals surface area contributed by atoms with Gasteiger partial charge in [0.25, 0.3) is 0 Å². The van der Waals surface area contributed by atoms with Crippen LogP contribution in [0.4, 0.5) is 0 Å². The molecule has 0 radical (unpaired) electrons. The molecule has 0 aromatic heterocycles. The molecule has 1 saturated carbocycles. The summed E-state index contributed by atoms with van der Waals surface area (Å²) in [6.45, 7) is 6.90. The minimum Gasteiger partial charge on any atom is -0.390 e. The third-order valence-electron chi connectivity index (χ3n) is 4.31. The van der Waals surface area contributed by atoms with Crippen LogP contribution in [-0.2, 0) is 0 Å². The summed E-state index contributed by atoms with van der Waals surface area (Å²) >= 11 is 0. The molecule has 1 rings (SSSR count). The number of nitrogens with two attached hydrogens (primary N) is 1. The van der Waals surface area contributed by atoms with Crippen LogP contribution < -0.4 is 5.73 Å². The highest BCUT2D eigenvalue weighted by atomic mass is 16.3. The molecule has 0 aromatic rings. The summed E-state index contributed by atoms with van der Waals surface area (Å²) in [5, 5.41) is 10.4. The van der Waals surface area contributed by atoms with Crippen LogP contribution in [-0.4, -0.2) is 17.3 Å². The third kappa shape index (κ3) is 1.96. The van der Waals surface area contributed by atoms with Crippen LogP contribution >= 0.6 is 0 Å². The Morgan fingerprint density at radius 1 is 1.57 bits per heavy atom. The second-order valence-electron chi connectivity index (χ2n) is 5.31. The van der Waals surface area contributed by atoms with Gasteiger partial charge < -0.3 is 10.8 Å². The predicted molar refractivity (Wildman–Crippen MR) is 60.0 cm³/mol. The maximum atomic E-state index is 10.4. The molecule has 0 heterocycles. The lowest BCUT2D eigenvalue weighted by Gasteiger charge is -2.49. The first-order chi connectivity index (χ1) is 6.47. The van der Waals surface area contributed by atoms with Crippen LogP contribution in [0.2, 0.25) is 0 Å². The Kier molecular flexibility index (Phi) is 3.59. The largest absolute Gasteiger partial charge is 0.390 e. The molecule has 0 aliphatic heterocycles. The van der Waals surface area contributed by atoms with Crippen LogP contribution in [0.5, 0.6) is 0 Å². The number of hydrogen-bond donors (Lipinski definition) is 2. The molecule has 3 unspecified atom stereocenters. The van der Waals surface area contributed by atoms with E-state index in [4.69, 9.17) is 5.73 Å². The third-order valence-corrected chi connectivity index (χ3v) is 4.31. The van der Waals surface area contributed by atoms with Gasteiger partial charge in [-0.25, -0.2) is 0 Å². The van der Waals surface area contributed by atoms with Crippen molar-refractivity contribution < 1.29 is 5.11 Å². The van der Waals surface area contributed by atoms with E-state index in [1.54, 1.807) is 0 Å². The molecule has 84 valence electrons. The summed E-state index contributed by atoms with van der Waals surface area (Å²) < 4.78 is 0. The molecule has 0 bridgehead atoms. The molecular formula is C12H25NO. The van der Waals surface area contributed by atoms with Crippen LogP contribution in [0.3, 0.4) is 0 Å². The lowest BCUT2D eigenvalue weighted by Crippen LogP contribution is -2.52. The second kappa shape index (κ2) is 4.19. The molecule has 1 aliphatic carbocycles. The van der Waals surface area contributed by atoms with Gasteiger partial charge in [0.05, 0.1) is 5.60 Å². The van der Waals surface area contributed by atoms with E-state index in [9.17, 15) is 5.11 Å². The standard InChI is InChI=1S/C12H25NO/c1-4-11(3,14)12(9-13)7-5-6-10(2)8-12/h10,14H,4-9,13H2,1-3H3. The Balaban J connectivity index is 2.84. The summed E-state index contributed by atoms with van der Waals surface area (Å²) in [5.74, 6) is 0.713. The van der Waals surface area contributed by atoms with Crippen molar-refractivity contribution in [3.05, 3.63) is 0 Å². The van der Waals surface area contributed by atoms with Crippen molar-refractivity contribution in [1.29, 1.82) is 0 Å². The fourth-order valence-corrected chi connectivity index (χ4v) is 2.93. The summed E-state index contributed by atoms with van der Waals surface area (Å²) in [7, 11) is 0. The minimum atomic E-state index is -0.587. The van der Waals surface area contributed by atoms with E-state index in [1.165, 1.54) is 12.8 Å². The van der Waals surface area contributed by atoms with Crippen LogP contribution in [0.15, 0.2) is 0 Å². The van der Waals surface area contributed by atoms with Gasteiger partial charge in [0.1, 0.15) is 0 Å². The Bertz CT molecular complexity index is 191. The fraction of sp³-hybridized carbons (Fsp3) is 1.00. The van der Waals surface area contributed by atoms with Crippen molar-refractivity contribution in [3.8, 4) is 0 Å².